The third kappa shape index (κ3) is 4.08. The Kier molecular flexibility index (Phi) is 6.08. The SMILES string of the molecule is CCCCCCCC(C)NC1CCCc2c1cnn2C. The average molecular weight is 277 g/mol. The summed E-state index contributed by atoms with van der Waals surface area (Å²) in [5.41, 5.74) is 2.88. The lowest BCUT2D eigenvalue weighted by atomic mass is 9.92. The number of hydrogen-bond acceptors (Lipinski definition) is 2. The minimum atomic E-state index is 0.526. The van der Waals surface area contributed by atoms with Gasteiger partial charge in [-0.1, -0.05) is 39.0 Å². The number of rotatable bonds is 8. The molecule has 114 valence electrons. The summed E-state index contributed by atoms with van der Waals surface area (Å²) in [5.74, 6) is 0. The Morgan fingerprint density at radius 1 is 1.35 bits per heavy atom. The highest BCUT2D eigenvalue weighted by atomic mass is 15.3. The zero-order valence-electron chi connectivity index (χ0n) is 13.5. The Bertz CT molecular complexity index is 397. The van der Waals surface area contributed by atoms with Gasteiger partial charge in [0.1, 0.15) is 0 Å². The molecule has 0 fully saturated rings. The molecule has 1 N–H and O–H groups in total. The number of aromatic nitrogens is 2. The summed E-state index contributed by atoms with van der Waals surface area (Å²) in [4.78, 5) is 0. The summed E-state index contributed by atoms with van der Waals surface area (Å²) < 4.78 is 2.05. The van der Waals surface area contributed by atoms with Crippen molar-refractivity contribution in [3.63, 3.8) is 0 Å². The topological polar surface area (TPSA) is 29.9 Å². The van der Waals surface area contributed by atoms with Crippen LogP contribution < -0.4 is 5.32 Å². The van der Waals surface area contributed by atoms with Crippen LogP contribution in [0.25, 0.3) is 0 Å². The number of hydrogen-bond donors (Lipinski definition) is 1. The summed E-state index contributed by atoms with van der Waals surface area (Å²) in [6, 6.07) is 1.14. The van der Waals surface area contributed by atoms with Crippen molar-refractivity contribution in [3.8, 4) is 0 Å². The minimum absolute atomic E-state index is 0.526. The molecule has 0 saturated heterocycles. The molecule has 0 spiro atoms. The molecule has 1 aromatic heterocycles. The zero-order chi connectivity index (χ0) is 14.4. The Hall–Kier alpha value is -0.830. The second kappa shape index (κ2) is 7.82. The molecule has 1 aromatic rings. The van der Waals surface area contributed by atoms with Crippen molar-refractivity contribution < 1.29 is 0 Å². The van der Waals surface area contributed by atoms with Gasteiger partial charge in [0.2, 0.25) is 0 Å². The van der Waals surface area contributed by atoms with Gasteiger partial charge in [-0.25, -0.2) is 0 Å². The van der Waals surface area contributed by atoms with Gasteiger partial charge in [0.05, 0.1) is 6.20 Å². The monoisotopic (exact) mass is 277 g/mol. The van der Waals surface area contributed by atoms with E-state index in [1.54, 1.807) is 0 Å². The Morgan fingerprint density at radius 3 is 2.95 bits per heavy atom. The van der Waals surface area contributed by atoms with Crippen molar-refractivity contribution in [2.24, 2.45) is 7.05 Å². The highest BCUT2D eigenvalue weighted by Gasteiger charge is 2.24. The number of fused-ring (bicyclic) bond motifs is 1. The van der Waals surface area contributed by atoms with Gasteiger partial charge in [-0.3, -0.25) is 4.68 Å². The standard InChI is InChI=1S/C17H31N3/c1-4-5-6-7-8-10-14(2)19-16-11-9-12-17-15(16)13-18-20(17)3/h13-14,16,19H,4-12H2,1-3H3. The largest absolute Gasteiger partial charge is 0.307 e. The maximum absolute atomic E-state index is 4.43. The van der Waals surface area contributed by atoms with Crippen LogP contribution in [-0.2, 0) is 13.5 Å². The molecule has 0 saturated carbocycles. The lowest BCUT2D eigenvalue weighted by molar-refractivity contribution is 0.383. The van der Waals surface area contributed by atoms with E-state index in [2.05, 4.69) is 42.2 Å². The molecule has 2 rings (SSSR count). The van der Waals surface area contributed by atoms with Crippen molar-refractivity contribution in [2.45, 2.75) is 83.7 Å². The Morgan fingerprint density at radius 2 is 2.15 bits per heavy atom. The second-order valence-electron chi connectivity index (χ2n) is 6.39. The van der Waals surface area contributed by atoms with Crippen LogP contribution in [0.2, 0.25) is 0 Å². The number of nitrogens with zero attached hydrogens (tertiary/aromatic N) is 2. The van der Waals surface area contributed by atoms with E-state index in [1.807, 2.05) is 0 Å². The van der Waals surface area contributed by atoms with Gasteiger partial charge < -0.3 is 5.32 Å². The van der Waals surface area contributed by atoms with Gasteiger partial charge in [0.25, 0.3) is 0 Å². The summed E-state index contributed by atoms with van der Waals surface area (Å²) >= 11 is 0. The van der Waals surface area contributed by atoms with Crippen LogP contribution in [0.3, 0.4) is 0 Å². The summed E-state index contributed by atoms with van der Waals surface area (Å²) in [5, 5.41) is 8.25. The highest BCUT2D eigenvalue weighted by Crippen LogP contribution is 2.29. The van der Waals surface area contributed by atoms with E-state index >= 15 is 0 Å². The molecular weight excluding hydrogens is 246 g/mol. The maximum atomic E-state index is 4.43. The lowest BCUT2D eigenvalue weighted by Crippen LogP contribution is -2.32. The molecule has 0 bridgehead atoms. The molecule has 0 radical (unpaired) electrons. The van der Waals surface area contributed by atoms with Crippen LogP contribution in [0, 0.1) is 0 Å². The van der Waals surface area contributed by atoms with Crippen LogP contribution in [0.1, 0.15) is 82.5 Å². The molecule has 0 aromatic carbocycles. The fraction of sp³-hybridized carbons (Fsp3) is 0.824. The molecule has 3 heteroatoms. The molecule has 20 heavy (non-hydrogen) atoms. The van der Waals surface area contributed by atoms with Crippen molar-refractivity contribution in [1.29, 1.82) is 0 Å². The number of unbranched alkanes of at least 4 members (excludes halogenated alkanes) is 4. The quantitative estimate of drug-likeness (QED) is 0.724. The number of aryl methyl sites for hydroxylation is 1. The summed E-state index contributed by atoms with van der Waals surface area (Å²) in [7, 11) is 2.07. The Balaban J connectivity index is 1.76. The minimum Gasteiger partial charge on any atom is -0.307 e. The first-order chi connectivity index (χ1) is 9.72. The highest BCUT2D eigenvalue weighted by molar-refractivity contribution is 5.24. The molecule has 0 amide bonds. The van der Waals surface area contributed by atoms with E-state index in [-0.39, 0.29) is 0 Å². The maximum Gasteiger partial charge on any atom is 0.0540 e. The van der Waals surface area contributed by atoms with Crippen LogP contribution in [0.15, 0.2) is 6.20 Å². The first kappa shape index (κ1) is 15.6. The fourth-order valence-corrected chi connectivity index (χ4v) is 3.36. The summed E-state index contributed by atoms with van der Waals surface area (Å²) in [6.07, 6.45) is 14.0. The zero-order valence-corrected chi connectivity index (χ0v) is 13.5. The van der Waals surface area contributed by atoms with Crippen LogP contribution in [0.4, 0.5) is 0 Å². The fourth-order valence-electron chi connectivity index (χ4n) is 3.36. The normalized spacial score (nSPS) is 19.9. The lowest BCUT2D eigenvalue weighted by Gasteiger charge is -2.27. The van der Waals surface area contributed by atoms with Crippen molar-refractivity contribution >= 4 is 0 Å². The van der Waals surface area contributed by atoms with Gasteiger partial charge in [0.15, 0.2) is 0 Å². The van der Waals surface area contributed by atoms with E-state index in [9.17, 15) is 0 Å². The first-order valence-corrected chi connectivity index (χ1v) is 8.49. The van der Waals surface area contributed by atoms with Crippen molar-refractivity contribution in [1.82, 2.24) is 15.1 Å². The number of nitrogens with one attached hydrogen (secondary N) is 1. The third-order valence-electron chi connectivity index (χ3n) is 4.60. The Labute approximate surface area is 124 Å². The van der Waals surface area contributed by atoms with Gasteiger partial charge in [0, 0.05) is 30.4 Å². The van der Waals surface area contributed by atoms with Gasteiger partial charge in [-0.2, -0.15) is 5.10 Å². The predicted octanol–water partition coefficient (Wildman–Crippen LogP) is 4.14. The van der Waals surface area contributed by atoms with Crippen LogP contribution >= 0.6 is 0 Å². The van der Waals surface area contributed by atoms with E-state index in [4.69, 9.17) is 0 Å². The van der Waals surface area contributed by atoms with E-state index in [0.29, 0.717) is 12.1 Å². The smallest absolute Gasteiger partial charge is 0.0540 e. The van der Waals surface area contributed by atoms with Crippen LogP contribution in [0.5, 0.6) is 0 Å². The van der Waals surface area contributed by atoms with Crippen molar-refractivity contribution in [3.05, 3.63) is 17.5 Å². The van der Waals surface area contributed by atoms with Crippen LogP contribution in [-0.4, -0.2) is 15.8 Å². The van der Waals surface area contributed by atoms with Gasteiger partial charge in [-0.05, 0) is 32.6 Å². The summed E-state index contributed by atoms with van der Waals surface area (Å²) in [6.45, 7) is 4.61. The first-order valence-electron chi connectivity index (χ1n) is 8.49. The van der Waals surface area contributed by atoms with Crippen molar-refractivity contribution in [2.75, 3.05) is 0 Å². The third-order valence-corrected chi connectivity index (χ3v) is 4.60. The van der Waals surface area contributed by atoms with E-state index in [1.165, 1.54) is 69.0 Å². The molecule has 0 aliphatic heterocycles. The van der Waals surface area contributed by atoms with Gasteiger partial charge in [-0.15, -0.1) is 0 Å². The molecule has 2 unspecified atom stereocenters. The molecule has 1 aliphatic carbocycles. The molecular formula is C17H31N3. The predicted molar refractivity (Wildman–Crippen MR) is 84.9 cm³/mol. The van der Waals surface area contributed by atoms with E-state index in [0.717, 1.165) is 0 Å². The molecule has 2 atom stereocenters. The average Bonchev–Trinajstić information content (AvgIpc) is 2.82. The molecule has 1 aliphatic rings. The molecule has 3 nitrogen and oxygen atoms in total. The van der Waals surface area contributed by atoms with E-state index < -0.39 is 0 Å². The van der Waals surface area contributed by atoms with Gasteiger partial charge >= 0.3 is 0 Å². The second-order valence-corrected chi connectivity index (χ2v) is 6.39. The molecule has 1 heterocycles.